The van der Waals surface area contributed by atoms with Gasteiger partial charge in [-0.1, -0.05) is 43.2 Å². The van der Waals surface area contributed by atoms with Crippen LogP contribution in [0, 0.1) is 0 Å². The minimum absolute atomic E-state index is 0.0915. The van der Waals surface area contributed by atoms with Crippen molar-refractivity contribution >= 4 is 11.9 Å². The van der Waals surface area contributed by atoms with Gasteiger partial charge in [-0.2, -0.15) is 0 Å². The molecule has 1 aromatic carbocycles. The maximum Gasteiger partial charge on any atom is 0.312 e. The van der Waals surface area contributed by atoms with Crippen molar-refractivity contribution in [2.45, 2.75) is 43.6 Å². The minimum atomic E-state index is -0.940. The van der Waals surface area contributed by atoms with E-state index in [1.54, 1.807) is 24.3 Å². The highest BCUT2D eigenvalue weighted by Gasteiger charge is 2.32. The highest BCUT2D eigenvalue weighted by Crippen LogP contribution is 2.29. The second-order valence-electron chi connectivity index (χ2n) is 5.85. The molecule has 5 nitrogen and oxygen atoms in total. The van der Waals surface area contributed by atoms with E-state index in [1.807, 2.05) is 6.07 Å². The molecule has 1 fully saturated rings. The van der Waals surface area contributed by atoms with Crippen molar-refractivity contribution in [1.29, 1.82) is 0 Å². The molecule has 21 heavy (non-hydrogen) atoms. The minimum Gasteiger partial charge on any atom is -0.481 e. The van der Waals surface area contributed by atoms with Gasteiger partial charge in [0.25, 0.3) is 0 Å². The lowest BCUT2D eigenvalue weighted by Crippen LogP contribution is -2.43. The summed E-state index contributed by atoms with van der Waals surface area (Å²) >= 11 is 0. The van der Waals surface area contributed by atoms with Gasteiger partial charge in [0.05, 0.1) is 5.92 Å². The zero-order chi connectivity index (χ0) is 15.3. The van der Waals surface area contributed by atoms with E-state index in [9.17, 15) is 14.7 Å². The molecule has 1 amide bonds. The molecule has 0 heterocycles. The van der Waals surface area contributed by atoms with E-state index in [1.165, 1.54) is 0 Å². The van der Waals surface area contributed by atoms with Crippen LogP contribution in [0.5, 0.6) is 0 Å². The number of rotatable bonds is 6. The monoisotopic (exact) mass is 290 g/mol. The number of amides is 1. The van der Waals surface area contributed by atoms with Crippen LogP contribution in [0.3, 0.4) is 0 Å². The number of benzene rings is 1. The molecule has 4 N–H and O–H groups in total. The molecule has 0 saturated heterocycles. The Morgan fingerprint density at radius 2 is 1.86 bits per heavy atom. The molecule has 1 atom stereocenters. The van der Waals surface area contributed by atoms with Gasteiger partial charge in [-0.05, 0) is 18.4 Å². The molecule has 0 spiro atoms. The number of carboxylic acids is 1. The third-order valence-corrected chi connectivity index (χ3v) is 4.12. The van der Waals surface area contributed by atoms with Crippen LogP contribution < -0.4 is 11.1 Å². The van der Waals surface area contributed by atoms with Gasteiger partial charge >= 0.3 is 5.97 Å². The Balaban J connectivity index is 1.90. The van der Waals surface area contributed by atoms with Crippen LogP contribution in [0.4, 0.5) is 0 Å². The lowest BCUT2D eigenvalue weighted by Gasteiger charge is -2.23. The van der Waals surface area contributed by atoms with E-state index in [2.05, 4.69) is 5.32 Å². The molecule has 2 rings (SSSR count). The fourth-order valence-electron chi connectivity index (χ4n) is 2.89. The van der Waals surface area contributed by atoms with E-state index in [-0.39, 0.29) is 18.9 Å². The Labute approximate surface area is 124 Å². The van der Waals surface area contributed by atoms with Crippen LogP contribution in [0.15, 0.2) is 30.3 Å². The van der Waals surface area contributed by atoms with E-state index in [0.717, 1.165) is 25.7 Å². The predicted molar refractivity (Wildman–Crippen MR) is 79.8 cm³/mol. The van der Waals surface area contributed by atoms with Gasteiger partial charge < -0.3 is 16.2 Å². The van der Waals surface area contributed by atoms with Gasteiger partial charge in [-0.3, -0.25) is 9.59 Å². The molecule has 1 aliphatic rings. The molecule has 1 aromatic rings. The van der Waals surface area contributed by atoms with E-state index in [0.29, 0.717) is 5.56 Å². The summed E-state index contributed by atoms with van der Waals surface area (Å²) < 4.78 is 0. The maximum atomic E-state index is 12.0. The molecule has 1 saturated carbocycles. The molecule has 0 bridgehead atoms. The van der Waals surface area contributed by atoms with Crippen LogP contribution in [-0.4, -0.2) is 29.1 Å². The van der Waals surface area contributed by atoms with Crippen LogP contribution in [0.25, 0.3) is 0 Å². The van der Waals surface area contributed by atoms with Crippen molar-refractivity contribution in [3.05, 3.63) is 35.9 Å². The number of aliphatic carboxylic acids is 1. The average Bonchev–Trinajstić information content (AvgIpc) is 2.86. The summed E-state index contributed by atoms with van der Waals surface area (Å²) in [6.07, 6.45) is 4.12. The second-order valence-corrected chi connectivity index (χ2v) is 5.85. The van der Waals surface area contributed by atoms with Crippen molar-refractivity contribution < 1.29 is 14.7 Å². The highest BCUT2D eigenvalue weighted by molar-refractivity contribution is 5.80. The molecular weight excluding hydrogens is 268 g/mol. The number of carboxylic acid groups (broad SMARTS) is 1. The Morgan fingerprint density at radius 1 is 1.24 bits per heavy atom. The van der Waals surface area contributed by atoms with E-state index in [4.69, 9.17) is 5.73 Å². The number of carbonyl (C=O) groups excluding carboxylic acids is 1. The first-order chi connectivity index (χ1) is 10.0. The van der Waals surface area contributed by atoms with Gasteiger partial charge in [-0.25, -0.2) is 0 Å². The molecule has 1 unspecified atom stereocenters. The van der Waals surface area contributed by atoms with Crippen LogP contribution in [-0.2, 0) is 9.59 Å². The van der Waals surface area contributed by atoms with Gasteiger partial charge in [-0.15, -0.1) is 0 Å². The SMILES string of the molecule is NC1(CC(=O)NCC(C(=O)O)c2ccccc2)CCCC1. The zero-order valence-electron chi connectivity index (χ0n) is 12.0. The van der Waals surface area contributed by atoms with Gasteiger partial charge in [0, 0.05) is 18.5 Å². The standard InChI is InChI=1S/C16H22N2O3/c17-16(8-4-5-9-16)10-14(19)18-11-13(15(20)21)12-6-2-1-3-7-12/h1-3,6-7,13H,4-5,8-11,17H2,(H,18,19)(H,20,21). The number of nitrogens with two attached hydrogens (primary N) is 1. The molecule has 0 radical (unpaired) electrons. The molecular formula is C16H22N2O3. The topological polar surface area (TPSA) is 92.4 Å². The normalized spacial score (nSPS) is 18.1. The van der Waals surface area contributed by atoms with Gasteiger partial charge in [0.15, 0.2) is 0 Å². The van der Waals surface area contributed by atoms with Gasteiger partial charge in [0.2, 0.25) is 5.91 Å². The number of hydrogen-bond donors (Lipinski definition) is 3. The van der Waals surface area contributed by atoms with E-state index < -0.39 is 17.4 Å². The predicted octanol–water partition coefficient (Wildman–Crippen LogP) is 1.63. The van der Waals surface area contributed by atoms with Crippen molar-refractivity contribution in [3.63, 3.8) is 0 Å². The fraction of sp³-hybridized carbons (Fsp3) is 0.500. The molecule has 1 aliphatic carbocycles. The van der Waals surface area contributed by atoms with Crippen molar-refractivity contribution in [2.24, 2.45) is 5.73 Å². The molecule has 0 aromatic heterocycles. The number of hydrogen-bond acceptors (Lipinski definition) is 3. The van der Waals surface area contributed by atoms with Crippen LogP contribution in [0.2, 0.25) is 0 Å². The van der Waals surface area contributed by atoms with Crippen molar-refractivity contribution in [2.75, 3.05) is 6.54 Å². The maximum absolute atomic E-state index is 12.0. The lowest BCUT2D eigenvalue weighted by atomic mass is 9.94. The second kappa shape index (κ2) is 6.72. The summed E-state index contributed by atoms with van der Waals surface area (Å²) in [5, 5.41) is 12.0. The molecule has 114 valence electrons. The third kappa shape index (κ3) is 4.29. The Bertz CT molecular complexity index is 496. The van der Waals surface area contributed by atoms with Crippen LogP contribution in [0.1, 0.15) is 43.6 Å². The largest absolute Gasteiger partial charge is 0.481 e. The summed E-state index contributed by atoms with van der Waals surface area (Å²) in [6.45, 7) is 0.0915. The zero-order valence-corrected chi connectivity index (χ0v) is 12.0. The first kappa shape index (κ1) is 15.5. The molecule has 0 aliphatic heterocycles. The summed E-state index contributed by atoms with van der Waals surface area (Å²) in [7, 11) is 0. The van der Waals surface area contributed by atoms with Crippen molar-refractivity contribution in [3.8, 4) is 0 Å². The average molecular weight is 290 g/mol. The van der Waals surface area contributed by atoms with Crippen molar-refractivity contribution in [1.82, 2.24) is 5.32 Å². The molecule has 5 heteroatoms. The smallest absolute Gasteiger partial charge is 0.312 e. The first-order valence-electron chi connectivity index (χ1n) is 7.33. The highest BCUT2D eigenvalue weighted by atomic mass is 16.4. The Morgan fingerprint density at radius 3 is 2.43 bits per heavy atom. The van der Waals surface area contributed by atoms with Crippen LogP contribution >= 0.6 is 0 Å². The Kier molecular flexibility index (Phi) is 4.96. The summed E-state index contributed by atoms with van der Waals surface area (Å²) in [5.41, 5.74) is 6.44. The third-order valence-electron chi connectivity index (χ3n) is 4.12. The van der Waals surface area contributed by atoms with Gasteiger partial charge in [0.1, 0.15) is 0 Å². The first-order valence-corrected chi connectivity index (χ1v) is 7.33. The number of nitrogens with one attached hydrogen (secondary N) is 1. The summed E-state index contributed by atoms with van der Waals surface area (Å²) in [6, 6.07) is 8.93. The fourth-order valence-corrected chi connectivity index (χ4v) is 2.89. The summed E-state index contributed by atoms with van der Waals surface area (Å²) in [4.78, 5) is 23.3. The van der Waals surface area contributed by atoms with E-state index >= 15 is 0 Å². The summed E-state index contributed by atoms with van der Waals surface area (Å²) in [5.74, 6) is -1.83. The number of carbonyl (C=O) groups is 2. The Hall–Kier alpha value is -1.88. The quantitative estimate of drug-likeness (QED) is 0.742. The lowest BCUT2D eigenvalue weighted by molar-refractivity contribution is -0.138.